The number of carbonyl (C=O) groups excluding carboxylic acids is 1. The predicted molar refractivity (Wildman–Crippen MR) is 86.3 cm³/mol. The fourth-order valence-corrected chi connectivity index (χ4v) is 3.71. The summed E-state index contributed by atoms with van der Waals surface area (Å²) >= 11 is 0. The number of carbonyl (C=O) groups is 1. The van der Waals surface area contributed by atoms with Crippen molar-refractivity contribution in [2.24, 2.45) is 5.92 Å². The summed E-state index contributed by atoms with van der Waals surface area (Å²) in [5, 5.41) is 13.4. The van der Waals surface area contributed by atoms with Crippen molar-refractivity contribution in [2.75, 3.05) is 19.8 Å². The van der Waals surface area contributed by atoms with Crippen LogP contribution in [-0.4, -0.2) is 53.0 Å². The van der Waals surface area contributed by atoms with E-state index in [1.54, 1.807) is 6.07 Å². The van der Waals surface area contributed by atoms with Gasteiger partial charge in [0.25, 0.3) is 5.91 Å². The molecule has 0 radical (unpaired) electrons. The van der Waals surface area contributed by atoms with Crippen LogP contribution in [0.2, 0.25) is 0 Å². The SMILES string of the molecule is O=C(c1cc(-c2ccccc2)on1)N1CCOC2C[C@H](CO)C[C@@H]21. The van der Waals surface area contributed by atoms with Crippen molar-refractivity contribution in [1.29, 1.82) is 0 Å². The lowest BCUT2D eigenvalue weighted by atomic mass is 10.1. The highest BCUT2D eigenvalue weighted by Crippen LogP contribution is 2.34. The second-order valence-corrected chi connectivity index (χ2v) is 6.44. The van der Waals surface area contributed by atoms with E-state index >= 15 is 0 Å². The van der Waals surface area contributed by atoms with E-state index in [4.69, 9.17) is 9.26 Å². The van der Waals surface area contributed by atoms with Gasteiger partial charge >= 0.3 is 0 Å². The van der Waals surface area contributed by atoms with Crippen molar-refractivity contribution < 1.29 is 19.2 Å². The molecule has 6 nitrogen and oxygen atoms in total. The van der Waals surface area contributed by atoms with Crippen LogP contribution in [-0.2, 0) is 4.74 Å². The topological polar surface area (TPSA) is 75.8 Å². The number of hydrogen-bond donors (Lipinski definition) is 1. The van der Waals surface area contributed by atoms with Gasteiger partial charge in [0, 0.05) is 24.8 Å². The van der Waals surface area contributed by atoms with Gasteiger partial charge in [-0.05, 0) is 18.8 Å². The van der Waals surface area contributed by atoms with Crippen LogP contribution >= 0.6 is 0 Å². The van der Waals surface area contributed by atoms with E-state index in [9.17, 15) is 9.90 Å². The monoisotopic (exact) mass is 328 g/mol. The van der Waals surface area contributed by atoms with Crippen molar-refractivity contribution in [3.05, 3.63) is 42.1 Å². The molecule has 1 saturated heterocycles. The third-order valence-corrected chi connectivity index (χ3v) is 4.94. The third kappa shape index (κ3) is 2.72. The van der Waals surface area contributed by atoms with Gasteiger partial charge in [-0.1, -0.05) is 35.5 Å². The molecule has 1 aliphatic heterocycles. The Bertz CT molecular complexity index is 715. The van der Waals surface area contributed by atoms with E-state index in [0.717, 1.165) is 18.4 Å². The quantitative estimate of drug-likeness (QED) is 0.932. The molecule has 126 valence electrons. The van der Waals surface area contributed by atoms with E-state index in [0.29, 0.717) is 24.6 Å². The number of aliphatic hydroxyl groups excluding tert-OH is 1. The van der Waals surface area contributed by atoms with Crippen molar-refractivity contribution >= 4 is 5.91 Å². The van der Waals surface area contributed by atoms with Gasteiger partial charge in [-0.3, -0.25) is 4.79 Å². The van der Waals surface area contributed by atoms with Crippen molar-refractivity contribution in [3.63, 3.8) is 0 Å². The molecule has 1 N–H and O–H groups in total. The number of morpholine rings is 1. The van der Waals surface area contributed by atoms with E-state index in [1.807, 2.05) is 35.2 Å². The molecule has 1 aromatic heterocycles. The third-order valence-electron chi connectivity index (χ3n) is 4.94. The van der Waals surface area contributed by atoms with E-state index in [1.165, 1.54) is 0 Å². The molecule has 2 aromatic rings. The minimum Gasteiger partial charge on any atom is -0.396 e. The smallest absolute Gasteiger partial charge is 0.276 e. The molecular formula is C18H20N2O4. The zero-order valence-corrected chi connectivity index (χ0v) is 13.3. The Kier molecular flexibility index (Phi) is 4.08. The van der Waals surface area contributed by atoms with Gasteiger partial charge in [0.15, 0.2) is 11.5 Å². The van der Waals surface area contributed by atoms with Crippen LogP contribution in [0, 0.1) is 5.92 Å². The van der Waals surface area contributed by atoms with Gasteiger partial charge in [-0.25, -0.2) is 0 Å². The minimum absolute atomic E-state index is 0.0141. The standard InChI is InChI=1S/C18H20N2O4/c21-11-12-8-15-17(9-12)23-7-6-20(15)18(22)14-10-16(24-19-14)13-4-2-1-3-5-13/h1-5,10,12,15,17,21H,6-9,11H2/t12-,15+,17?/m1/s1. The first-order valence-electron chi connectivity index (χ1n) is 8.32. The van der Waals surface area contributed by atoms with Crippen molar-refractivity contribution in [2.45, 2.75) is 25.0 Å². The molecule has 1 aromatic carbocycles. The summed E-state index contributed by atoms with van der Waals surface area (Å²) in [4.78, 5) is 14.7. The van der Waals surface area contributed by atoms with E-state index in [2.05, 4.69) is 5.16 Å². The van der Waals surface area contributed by atoms with Gasteiger partial charge in [0.1, 0.15) is 0 Å². The summed E-state index contributed by atoms with van der Waals surface area (Å²) in [5.41, 5.74) is 1.21. The van der Waals surface area contributed by atoms with Crippen LogP contribution in [0.25, 0.3) is 11.3 Å². The summed E-state index contributed by atoms with van der Waals surface area (Å²) in [6, 6.07) is 11.3. The van der Waals surface area contributed by atoms with Crippen LogP contribution in [0.1, 0.15) is 23.3 Å². The van der Waals surface area contributed by atoms with Crippen molar-refractivity contribution in [3.8, 4) is 11.3 Å². The number of ether oxygens (including phenoxy) is 1. The maximum Gasteiger partial charge on any atom is 0.276 e. The lowest BCUT2D eigenvalue weighted by Crippen LogP contribution is -2.51. The number of nitrogens with zero attached hydrogens (tertiary/aromatic N) is 2. The molecule has 1 unspecified atom stereocenters. The van der Waals surface area contributed by atoms with Gasteiger partial charge in [-0.2, -0.15) is 0 Å². The van der Waals surface area contributed by atoms with Crippen LogP contribution < -0.4 is 0 Å². The molecule has 0 spiro atoms. The molecule has 24 heavy (non-hydrogen) atoms. The number of fused-ring (bicyclic) bond motifs is 1. The van der Waals surface area contributed by atoms with Crippen LogP contribution in [0.5, 0.6) is 0 Å². The molecule has 2 aliphatic rings. The maximum absolute atomic E-state index is 12.9. The van der Waals surface area contributed by atoms with Gasteiger partial charge in [0.2, 0.25) is 0 Å². The molecule has 2 heterocycles. The molecule has 6 heteroatoms. The molecular weight excluding hydrogens is 308 g/mol. The Morgan fingerprint density at radius 1 is 1.29 bits per heavy atom. The highest BCUT2D eigenvalue weighted by atomic mass is 16.5. The first-order valence-corrected chi connectivity index (χ1v) is 8.32. The zero-order chi connectivity index (χ0) is 16.5. The fourth-order valence-electron chi connectivity index (χ4n) is 3.71. The number of aromatic nitrogens is 1. The molecule has 0 bridgehead atoms. The van der Waals surface area contributed by atoms with E-state index < -0.39 is 0 Å². The van der Waals surface area contributed by atoms with Crippen molar-refractivity contribution in [1.82, 2.24) is 10.1 Å². The van der Waals surface area contributed by atoms with Gasteiger partial charge in [-0.15, -0.1) is 0 Å². The Morgan fingerprint density at radius 2 is 2.12 bits per heavy atom. The lowest BCUT2D eigenvalue weighted by Gasteiger charge is -2.37. The molecule has 1 aliphatic carbocycles. The highest BCUT2D eigenvalue weighted by molar-refractivity contribution is 5.93. The summed E-state index contributed by atoms with van der Waals surface area (Å²) in [5.74, 6) is 0.659. The summed E-state index contributed by atoms with van der Waals surface area (Å²) in [6.07, 6.45) is 1.59. The Morgan fingerprint density at radius 3 is 2.92 bits per heavy atom. The first kappa shape index (κ1) is 15.4. The van der Waals surface area contributed by atoms with Crippen LogP contribution in [0.15, 0.2) is 40.9 Å². The molecule has 1 amide bonds. The van der Waals surface area contributed by atoms with Gasteiger partial charge in [0.05, 0.1) is 18.8 Å². The molecule has 2 fully saturated rings. The van der Waals surface area contributed by atoms with Crippen LogP contribution in [0.3, 0.4) is 0 Å². The zero-order valence-electron chi connectivity index (χ0n) is 13.3. The average molecular weight is 328 g/mol. The largest absolute Gasteiger partial charge is 0.396 e. The minimum atomic E-state index is -0.127. The summed E-state index contributed by atoms with van der Waals surface area (Å²) < 4.78 is 11.1. The van der Waals surface area contributed by atoms with Crippen LogP contribution in [0.4, 0.5) is 0 Å². The average Bonchev–Trinajstić information content (AvgIpc) is 3.28. The number of rotatable bonds is 3. The summed E-state index contributed by atoms with van der Waals surface area (Å²) in [6.45, 7) is 1.21. The Hall–Kier alpha value is -2.18. The molecule has 4 rings (SSSR count). The second-order valence-electron chi connectivity index (χ2n) is 6.44. The molecule has 3 atom stereocenters. The van der Waals surface area contributed by atoms with E-state index in [-0.39, 0.29) is 30.6 Å². The number of amides is 1. The Labute approximate surface area is 140 Å². The fraction of sp³-hybridized carbons (Fsp3) is 0.444. The number of aliphatic hydroxyl groups is 1. The normalized spacial score (nSPS) is 26.4. The summed E-state index contributed by atoms with van der Waals surface area (Å²) in [7, 11) is 0. The predicted octanol–water partition coefficient (Wildman–Crippen LogP) is 1.95. The lowest BCUT2D eigenvalue weighted by molar-refractivity contribution is -0.0451. The first-order chi connectivity index (χ1) is 11.8. The molecule has 1 saturated carbocycles. The second kappa shape index (κ2) is 6.37. The number of hydrogen-bond acceptors (Lipinski definition) is 5. The highest BCUT2D eigenvalue weighted by Gasteiger charge is 2.43. The number of benzene rings is 1. The van der Waals surface area contributed by atoms with Gasteiger partial charge < -0.3 is 19.3 Å². The maximum atomic E-state index is 12.9. The Balaban J connectivity index is 1.54.